The molecular formula is C12H20FN3O. The van der Waals surface area contributed by atoms with E-state index in [1.807, 2.05) is 0 Å². The first-order valence-corrected chi connectivity index (χ1v) is 6.21. The SMILES string of the molecule is CCCn1ncc(OC)c1C1(F)CCNCC1. The van der Waals surface area contributed by atoms with Gasteiger partial charge in [-0.25, -0.2) is 4.39 Å². The van der Waals surface area contributed by atoms with Crippen LogP contribution in [-0.4, -0.2) is 30.0 Å². The van der Waals surface area contributed by atoms with Gasteiger partial charge in [-0.1, -0.05) is 6.92 Å². The summed E-state index contributed by atoms with van der Waals surface area (Å²) in [5.41, 5.74) is -0.689. The number of nitrogens with one attached hydrogen (secondary N) is 1. The molecule has 4 nitrogen and oxygen atoms in total. The van der Waals surface area contributed by atoms with E-state index in [4.69, 9.17) is 4.74 Å². The van der Waals surface area contributed by atoms with Crippen LogP contribution in [0.1, 0.15) is 31.9 Å². The number of hydrogen-bond donors (Lipinski definition) is 1. The van der Waals surface area contributed by atoms with Crippen LogP contribution < -0.4 is 10.1 Å². The van der Waals surface area contributed by atoms with Gasteiger partial charge in [0.2, 0.25) is 0 Å². The average Bonchev–Trinajstić information content (AvgIpc) is 2.74. The number of hydrogen-bond acceptors (Lipinski definition) is 3. The smallest absolute Gasteiger partial charge is 0.163 e. The summed E-state index contributed by atoms with van der Waals surface area (Å²) in [6.07, 6.45) is 3.53. The Kier molecular flexibility index (Phi) is 3.66. The molecule has 0 amide bonds. The molecule has 0 radical (unpaired) electrons. The third-order valence-electron chi connectivity index (χ3n) is 3.28. The zero-order chi connectivity index (χ0) is 12.3. The topological polar surface area (TPSA) is 39.1 Å². The molecule has 2 rings (SSSR count). The zero-order valence-electron chi connectivity index (χ0n) is 10.5. The van der Waals surface area contributed by atoms with E-state index in [1.165, 1.54) is 0 Å². The molecule has 0 bridgehead atoms. The third-order valence-corrected chi connectivity index (χ3v) is 3.28. The van der Waals surface area contributed by atoms with Gasteiger partial charge in [-0.2, -0.15) is 5.10 Å². The standard InChI is InChI=1S/C12H20FN3O/c1-3-8-16-11(10(17-2)9-15-16)12(13)4-6-14-7-5-12/h9,14H,3-8H2,1-2H3. The molecule has 1 aromatic rings. The highest BCUT2D eigenvalue weighted by atomic mass is 19.1. The van der Waals surface area contributed by atoms with Crippen LogP contribution in [0.5, 0.6) is 5.75 Å². The maximum absolute atomic E-state index is 15.0. The Morgan fingerprint density at radius 2 is 2.24 bits per heavy atom. The van der Waals surface area contributed by atoms with Crippen molar-refractivity contribution in [3.63, 3.8) is 0 Å². The van der Waals surface area contributed by atoms with Crippen LogP contribution in [0.2, 0.25) is 0 Å². The van der Waals surface area contributed by atoms with Crippen LogP contribution in [0.25, 0.3) is 0 Å². The number of nitrogens with zero attached hydrogens (tertiary/aromatic N) is 2. The van der Waals surface area contributed by atoms with Crippen LogP contribution in [0.3, 0.4) is 0 Å². The molecule has 0 aliphatic carbocycles. The lowest BCUT2D eigenvalue weighted by Gasteiger charge is -2.31. The van der Waals surface area contributed by atoms with Crippen molar-refractivity contribution in [2.45, 2.75) is 38.4 Å². The van der Waals surface area contributed by atoms with Gasteiger partial charge >= 0.3 is 0 Å². The molecule has 1 aliphatic heterocycles. The minimum atomic E-state index is -1.30. The number of aromatic nitrogens is 2. The minimum absolute atomic E-state index is 0.485. The number of halogens is 1. The first-order valence-electron chi connectivity index (χ1n) is 6.21. The molecule has 17 heavy (non-hydrogen) atoms. The van der Waals surface area contributed by atoms with Gasteiger partial charge in [0.1, 0.15) is 5.69 Å². The first-order chi connectivity index (χ1) is 8.21. The van der Waals surface area contributed by atoms with Crippen molar-refractivity contribution in [1.82, 2.24) is 15.1 Å². The van der Waals surface area contributed by atoms with E-state index >= 15 is 0 Å². The van der Waals surface area contributed by atoms with Gasteiger partial charge in [0.05, 0.1) is 13.3 Å². The monoisotopic (exact) mass is 241 g/mol. The highest BCUT2D eigenvalue weighted by Gasteiger charge is 2.39. The molecular weight excluding hydrogens is 221 g/mol. The molecule has 1 N–H and O–H groups in total. The molecule has 1 saturated heterocycles. The molecule has 96 valence electrons. The normalized spacial score (nSPS) is 19.2. The minimum Gasteiger partial charge on any atom is -0.493 e. The largest absolute Gasteiger partial charge is 0.493 e. The lowest BCUT2D eigenvalue weighted by Crippen LogP contribution is -2.38. The summed E-state index contributed by atoms with van der Waals surface area (Å²) in [5.74, 6) is 0.572. The first kappa shape index (κ1) is 12.4. The lowest BCUT2D eigenvalue weighted by molar-refractivity contribution is 0.0993. The molecule has 0 aromatic carbocycles. The number of piperidine rings is 1. The van der Waals surface area contributed by atoms with E-state index in [0.717, 1.165) is 13.0 Å². The van der Waals surface area contributed by atoms with Crippen LogP contribution in [0, 0.1) is 0 Å². The fraction of sp³-hybridized carbons (Fsp3) is 0.750. The summed E-state index contributed by atoms with van der Waals surface area (Å²) < 4.78 is 22.0. The molecule has 2 heterocycles. The Morgan fingerprint density at radius 3 is 2.82 bits per heavy atom. The molecule has 0 atom stereocenters. The zero-order valence-corrected chi connectivity index (χ0v) is 10.5. The molecule has 0 saturated carbocycles. The van der Waals surface area contributed by atoms with E-state index in [9.17, 15) is 4.39 Å². The number of methoxy groups -OCH3 is 1. The van der Waals surface area contributed by atoms with E-state index in [0.29, 0.717) is 37.4 Å². The Hall–Kier alpha value is -1.10. The molecule has 0 spiro atoms. The van der Waals surface area contributed by atoms with Crippen LogP contribution in [-0.2, 0) is 12.2 Å². The summed E-state index contributed by atoms with van der Waals surface area (Å²) in [5, 5.41) is 7.41. The van der Waals surface area contributed by atoms with Crippen molar-refractivity contribution in [3.8, 4) is 5.75 Å². The summed E-state index contributed by atoms with van der Waals surface area (Å²) >= 11 is 0. The highest BCUT2D eigenvalue weighted by Crippen LogP contribution is 2.40. The summed E-state index contributed by atoms with van der Waals surface area (Å²) in [4.78, 5) is 0. The molecule has 1 fully saturated rings. The van der Waals surface area contributed by atoms with Gasteiger partial charge in [0.25, 0.3) is 0 Å². The second-order valence-corrected chi connectivity index (χ2v) is 4.50. The number of aryl methyl sites for hydroxylation is 1. The number of rotatable bonds is 4. The highest BCUT2D eigenvalue weighted by molar-refractivity contribution is 5.31. The van der Waals surface area contributed by atoms with Gasteiger partial charge in [0.15, 0.2) is 11.4 Å². The van der Waals surface area contributed by atoms with Crippen molar-refractivity contribution in [3.05, 3.63) is 11.9 Å². The van der Waals surface area contributed by atoms with Crippen molar-refractivity contribution >= 4 is 0 Å². The lowest BCUT2D eigenvalue weighted by atomic mass is 9.90. The van der Waals surface area contributed by atoms with Gasteiger partial charge in [-0.3, -0.25) is 4.68 Å². The van der Waals surface area contributed by atoms with Crippen molar-refractivity contribution in [2.24, 2.45) is 0 Å². The molecule has 1 aliphatic rings. The van der Waals surface area contributed by atoms with E-state index < -0.39 is 5.67 Å². The Labute approximate surface area is 101 Å². The number of alkyl halides is 1. The fourth-order valence-electron chi connectivity index (χ4n) is 2.41. The van der Waals surface area contributed by atoms with Gasteiger partial charge in [-0.15, -0.1) is 0 Å². The Bertz CT molecular complexity index is 372. The second-order valence-electron chi connectivity index (χ2n) is 4.50. The van der Waals surface area contributed by atoms with Crippen molar-refractivity contribution in [2.75, 3.05) is 20.2 Å². The van der Waals surface area contributed by atoms with Gasteiger partial charge < -0.3 is 10.1 Å². The maximum Gasteiger partial charge on any atom is 0.163 e. The molecule has 1 aromatic heterocycles. The Morgan fingerprint density at radius 1 is 1.53 bits per heavy atom. The third kappa shape index (κ3) is 2.29. The fourth-order valence-corrected chi connectivity index (χ4v) is 2.41. The van der Waals surface area contributed by atoms with Gasteiger partial charge in [0, 0.05) is 6.54 Å². The Balaban J connectivity index is 2.36. The van der Waals surface area contributed by atoms with Crippen LogP contribution in [0.15, 0.2) is 6.20 Å². The van der Waals surface area contributed by atoms with Gasteiger partial charge in [-0.05, 0) is 32.4 Å². The summed E-state index contributed by atoms with van der Waals surface area (Å²) in [7, 11) is 1.57. The summed E-state index contributed by atoms with van der Waals surface area (Å²) in [6, 6.07) is 0. The quantitative estimate of drug-likeness (QED) is 0.874. The average molecular weight is 241 g/mol. The predicted octanol–water partition coefficient (Wildman–Crippen LogP) is 1.85. The maximum atomic E-state index is 15.0. The van der Waals surface area contributed by atoms with E-state index in [2.05, 4.69) is 17.3 Å². The van der Waals surface area contributed by atoms with Crippen LogP contribution >= 0.6 is 0 Å². The second kappa shape index (κ2) is 5.04. The van der Waals surface area contributed by atoms with Crippen molar-refractivity contribution < 1.29 is 9.13 Å². The van der Waals surface area contributed by atoms with E-state index in [1.54, 1.807) is 18.0 Å². The molecule has 0 unspecified atom stereocenters. The predicted molar refractivity (Wildman–Crippen MR) is 64.0 cm³/mol. The van der Waals surface area contributed by atoms with E-state index in [-0.39, 0.29) is 0 Å². The number of ether oxygens (including phenoxy) is 1. The molecule has 5 heteroatoms. The van der Waals surface area contributed by atoms with Crippen LogP contribution in [0.4, 0.5) is 4.39 Å². The van der Waals surface area contributed by atoms with Crippen molar-refractivity contribution in [1.29, 1.82) is 0 Å². The summed E-state index contributed by atoms with van der Waals surface area (Å²) in [6.45, 7) is 4.21.